The third-order valence-electron chi connectivity index (χ3n) is 4.45. The van der Waals surface area contributed by atoms with E-state index in [1.54, 1.807) is 0 Å². The highest BCUT2D eigenvalue weighted by Crippen LogP contribution is 2.32. The van der Waals surface area contributed by atoms with Crippen molar-refractivity contribution in [2.24, 2.45) is 0 Å². The van der Waals surface area contributed by atoms with Crippen molar-refractivity contribution in [3.05, 3.63) is 48.5 Å². The number of nitrogens with one attached hydrogen (secondary N) is 1. The summed E-state index contributed by atoms with van der Waals surface area (Å²) in [5.41, 5.74) is 2.09. The van der Waals surface area contributed by atoms with E-state index in [4.69, 9.17) is 4.74 Å². The number of rotatable bonds is 5. The van der Waals surface area contributed by atoms with Gasteiger partial charge in [-0.1, -0.05) is 30.3 Å². The summed E-state index contributed by atoms with van der Waals surface area (Å²) in [5, 5.41) is 32.6. The van der Waals surface area contributed by atoms with Crippen molar-refractivity contribution in [1.82, 2.24) is 19.5 Å². The number of ether oxygens (including phenoxy) is 1. The van der Waals surface area contributed by atoms with Crippen LogP contribution in [-0.4, -0.2) is 59.8 Å². The van der Waals surface area contributed by atoms with Crippen LogP contribution in [0.15, 0.2) is 43.0 Å². The van der Waals surface area contributed by atoms with Gasteiger partial charge in [-0.05, 0) is 5.56 Å². The maximum atomic E-state index is 10.2. The summed E-state index contributed by atoms with van der Waals surface area (Å²) in [6.45, 7) is 0.188. The molecule has 0 radical (unpaired) electrons. The number of benzene rings is 1. The molecule has 1 aliphatic rings. The summed E-state index contributed by atoms with van der Waals surface area (Å²) >= 11 is 0. The lowest BCUT2D eigenvalue weighted by Crippen LogP contribution is -2.33. The van der Waals surface area contributed by atoms with Gasteiger partial charge in [0.15, 0.2) is 23.2 Å². The van der Waals surface area contributed by atoms with Gasteiger partial charge in [-0.15, -0.1) is 0 Å². The van der Waals surface area contributed by atoms with E-state index in [1.807, 2.05) is 30.3 Å². The number of anilines is 1. The van der Waals surface area contributed by atoms with Gasteiger partial charge in [0.25, 0.3) is 0 Å². The molecule has 4 N–H and O–H groups in total. The number of imidazole rings is 1. The molecule has 1 aliphatic heterocycles. The first-order valence-electron chi connectivity index (χ1n) is 8.27. The zero-order valence-electron chi connectivity index (χ0n) is 13.8. The van der Waals surface area contributed by atoms with Crippen LogP contribution in [-0.2, 0) is 11.3 Å². The lowest BCUT2D eigenvalue weighted by Gasteiger charge is -2.16. The molecule has 1 fully saturated rings. The predicted octanol–water partition coefficient (Wildman–Crippen LogP) is 0.0499. The van der Waals surface area contributed by atoms with E-state index < -0.39 is 24.5 Å². The van der Waals surface area contributed by atoms with Crippen LogP contribution < -0.4 is 5.32 Å². The normalized spacial score (nSPS) is 25.7. The van der Waals surface area contributed by atoms with E-state index >= 15 is 0 Å². The van der Waals surface area contributed by atoms with E-state index in [0.717, 1.165) is 5.56 Å². The molecular formula is C17H19N5O4. The number of fused-ring (bicyclic) bond motifs is 1. The molecule has 0 bridgehead atoms. The molecule has 136 valence electrons. The van der Waals surface area contributed by atoms with Crippen molar-refractivity contribution in [2.75, 3.05) is 11.9 Å². The van der Waals surface area contributed by atoms with Crippen LogP contribution in [0.1, 0.15) is 11.8 Å². The Morgan fingerprint density at radius 1 is 1.08 bits per heavy atom. The molecule has 1 unspecified atom stereocenters. The summed E-state index contributed by atoms with van der Waals surface area (Å²) in [5.74, 6) is 0.560. The van der Waals surface area contributed by atoms with Gasteiger partial charge in [0.05, 0.1) is 12.9 Å². The molecule has 2 aromatic heterocycles. The van der Waals surface area contributed by atoms with Gasteiger partial charge in [0.1, 0.15) is 24.6 Å². The molecule has 1 aromatic carbocycles. The highest BCUT2D eigenvalue weighted by Gasteiger charge is 2.44. The molecule has 0 aliphatic carbocycles. The first-order valence-corrected chi connectivity index (χ1v) is 8.27. The third-order valence-corrected chi connectivity index (χ3v) is 4.45. The third kappa shape index (κ3) is 2.90. The lowest BCUT2D eigenvalue weighted by molar-refractivity contribution is -0.0511. The Balaban J connectivity index is 1.61. The van der Waals surface area contributed by atoms with E-state index in [0.29, 0.717) is 23.5 Å². The van der Waals surface area contributed by atoms with E-state index in [1.165, 1.54) is 17.2 Å². The monoisotopic (exact) mass is 357 g/mol. The van der Waals surface area contributed by atoms with Gasteiger partial charge in [-0.25, -0.2) is 15.0 Å². The second-order valence-corrected chi connectivity index (χ2v) is 6.11. The average Bonchev–Trinajstić information content (AvgIpc) is 3.23. The van der Waals surface area contributed by atoms with Crippen molar-refractivity contribution >= 4 is 17.0 Å². The van der Waals surface area contributed by atoms with Gasteiger partial charge >= 0.3 is 0 Å². The highest BCUT2D eigenvalue weighted by molar-refractivity contribution is 5.82. The summed E-state index contributed by atoms with van der Waals surface area (Å²) in [6.07, 6.45) is -1.24. The molecule has 4 atom stereocenters. The van der Waals surface area contributed by atoms with Crippen LogP contribution in [0.25, 0.3) is 11.2 Å². The summed E-state index contributed by atoms with van der Waals surface area (Å²) in [7, 11) is 0. The lowest BCUT2D eigenvalue weighted by atomic mass is 10.1. The van der Waals surface area contributed by atoms with E-state index in [2.05, 4.69) is 20.3 Å². The number of hydrogen-bond acceptors (Lipinski definition) is 8. The number of nitrogens with zero attached hydrogens (tertiary/aromatic N) is 4. The Bertz CT molecular complexity index is 887. The standard InChI is InChI=1S/C17H19N5O4/c23-7-11-13(24)14(25)17(26-11)22-9-21-12-15(19-8-20-16(12)22)18-6-10-4-2-1-3-5-10/h1-5,8-9,11,13-14,17,23-25H,6-7H2,(H,18,19,20)/t11-,13?,14+,17-/m0/s1. The van der Waals surface area contributed by atoms with Gasteiger partial charge in [0, 0.05) is 6.54 Å². The van der Waals surface area contributed by atoms with Gasteiger partial charge in [-0.2, -0.15) is 0 Å². The van der Waals surface area contributed by atoms with Crippen molar-refractivity contribution in [2.45, 2.75) is 31.1 Å². The minimum Gasteiger partial charge on any atom is -0.394 e. The van der Waals surface area contributed by atoms with Crippen molar-refractivity contribution in [3.63, 3.8) is 0 Å². The first kappa shape index (κ1) is 16.9. The molecule has 0 spiro atoms. The molecule has 4 rings (SSSR count). The summed E-state index contributed by atoms with van der Waals surface area (Å²) in [6, 6.07) is 9.88. The van der Waals surface area contributed by atoms with Gasteiger partial charge in [0.2, 0.25) is 0 Å². The van der Waals surface area contributed by atoms with Crippen LogP contribution in [0.2, 0.25) is 0 Å². The van der Waals surface area contributed by atoms with Crippen LogP contribution in [0, 0.1) is 0 Å². The van der Waals surface area contributed by atoms with Crippen LogP contribution in [0.3, 0.4) is 0 Å². The number of aliphatic hydroxyl groups excluding tert-OH is 3. The summed E-state index contributed by atoms with van der Waals surface area (Å²) in [4.78, 5) is 12.8. The Morgan fingerprint density at radius 2 is 1.88 bits per heavy atom. The number of hydrogen-bond donors (Lipinski definition) is 4. The maximum Gasteiger partial charge on any atom is 0.167 e. The van der Waals surface area contributed by atoms with Gasteiger partial charge < -0.3 is 25.4 Å². The largest absolute Gasteiger partial charge is 0.394 e. The van der Waals surface area contributed by atoms with Gasteiger partial charge in [-0.3, -0.25) is 4.57 Å². The first-order chi connectivity index (χ1) is 12.7. The SMILES string of the molecule is OC[C@@H]1O[C@H](n2cnc3c(NCc4ccccc4)ncnc32)[C@H](O)C1O. The smallest absolute Gasteiger partial charge is 0.167 e. The summed E-state index contributed by atoms with van der Waals surface area (Å²) < 4.78 is 7.08. The Morgan fingerprint density at radius 3 is 2.62 bits per heavy atom. The molecule has 3 heterocycles. The van der Waals surface area contributed by atoms with Crippen molar-refractivity contribution in [3.8, 4) is 0 Å². The molecule has 1 saturated heterocycles. The Labute approximate surface area is 148 Å². The number of aromatic nitrogens is 4. The molecule has 0 amide bonds. The predicted molar refractivity (Wildman–Crippen MR) is 92.1 cm³/mol. The highest BCUT2D eigenvalue weighted by atomic mass is 16.6. The second-order valence-electron chi connectivity index (χ2n) is 6.11. The number of aliphatic hydroxyl groups is 3. The van der Waals surface area contributed by atoms with E-state index in [9.17, 15) is 15.3 Å². The molecule has 3 aromatic rings. The fourth-order valence-corrected chi connectivity index (χ4v) is 3.06. The maximum absolute atomic E-state index is 10.2. The minimum absolute atomic E-state index is 0.389. The minimum atomic E-state index is -1.19. The molecule has 0 saturated carbocycles. The fraction of sp³-hybridized carbons (Fsp3) is 0.353. The quantitative estimate of drug-likeness (QED) is 0.505. The molecular weight excluding hydrogens is 338 g/mol. The van der Waals surface area contributed by atoms with Crippen molar-refractivity contribution in [1.29, 1.82) is 0 Å². The van der Waals surface area contributed by atoms with Crippen molar-refractivity contribution < 1.29 is 20.1 Å². The molecule has 9 heteroatoms. The second kappa shape index (κ2) is 6.96. The van der Waals surface area contributed by atoms with Crippen LogP contribution in [0.5, 0.6) is 0 Å². The molecule has 26 heavy (non-hydrogen) atoms. The van der Waals surface area contributed by atoms with E-state index in [-0.39, 0.29) is 6.61 Å². The zero-order valence-corrected chi connectivity index (χ0v) is 13.8. The topological polar surface area (TPSA) is 126 Å². The Kier molecular flexibility index (Phi) is 4.51. The Hall–Kier alpha value is -2.59. The van der Waals surface area contributed by atoms with Crippen LogP contribution in [0.4, 0.5) is 5.82 Å². The molecule has 9 nitrogen and oxygen atoms in total. The van der Waals surface area contributed by atoms with Crippen LogP contribution >= 0.6 is 0 Å². The zero-order chi connectivity index (χ0) is 18.1. The average molecular weight is 357 g/mol. The fourth-order valence-electron chi connectivity index (χ4n) is 3.06.